The molecule has 1 fully saturated rings. The fourth-order valence-electron chi connectivity index (χ4n) is 3.18. The molecule has 5 heteroatoms. The van der Waals surface area contributed by atoms with Crippen LogP contribution < -0.4 is 15.0 Å². The number of nitrogens with zero attached hydrogens (tertiary/aromatic N) is 1. The molecule has 0 spiro atoms. The molecule has 2 aromatic rings. The number of benzene rings is 2. The van der Waals surface area contributed by atoms with Crippen molar-refractivity contribution >= 4 is 23.2 Å². The number of methoxy groups -OCH3 is 1. The number of rotatable bonds is 6. The van der Waals surface area contributed by atoms with Crippen LogP contribution in [0.15, 0.2) is 48.5 Å². The standard InChI is InChI=1S/C21H24N2O3/c1-4-23(15-8-6-5-7-9-15)21(25)17-13-16(17)20(24)22-18-12-14(2)10-11-19(18)26-3/h5-12,16-17H,4,13H2,1-3H3,(H,22,24). The third kappa shape index (κ3) is 3.72. The van der Waals surface area contributed by atoms with Crippen LogP contribution in [0, 0.1) is 18.8 Å². The van der Waals surface area contributed by atoms with E-state index in [0.717, 1.165) is 11.3 Å². The lowest BCUT2D eigenvalue weighted by atomic mass is 10.2. The minimum Gasteiger partial charge on any atom is -0.495 e. The third-order valence-electron chi connectivity index (χ3n) is 4.71. The average molecular weight is 352 g/mol. The number of hydrogen-bond acceptors (Lipinski definition) is 3. The molecule has 26 heavy (non-hydrogen) atoms. The Morgan fingerprint density at radius 1 is 1.15 bits per heavy atom. The Kier molecular flexibility index (Phi) is 5.26. The van der Waals surface area contributed by atoms with Gasteiger partial charge in [0.15, 0.2) is 0 Å². The van der Waals surface area contributed by atoms with Crippen molar-refractivity contribution in [3.05, 3.63) is 54.1 Å². The summed E-state index contributed by atoms with van der Waals surface area (Å²) in [6.45, 7) is 4.48. The molecule has 1 aliphatic rings. The normalized spacial score (nSPS) is 18.1. The highest BCUT2D eigenvalue weighted by Gasteiger charge is 2.49. The third-order valence-corrected chi connectivity index (χ3v) is 4.71. The van der Waals surface area contributed by atoms with Crippen molar-refractivity contribution in [1.82, 2.24) is 0 Å². The van der Waals surface area contributed by atoms with Crippen molar-refractivity contribution in [1.29, 1.82) is 0 Å². The molecule has 2 atom stereocenters. The van der Waals surface area contributed by atoms with Crippen LogP contribution in [-0.4, -0.2) is 25.5 Å². The highest BCUT2D eigenvalue weighted by atomic mass is 16.5. The van der Waals surface area contributed by atoms with Gasteiger partial charge in [-0.1, -0.05) is 24.3 Å². The average Bonchev–Trinajstić information content (AvgIpc) is 3.44. The van der Waals surface area contributed by atoms with Gasteiger partial charge < -0.3 is 15.0 Å². The van der Waals surface area contributed by atoms with E-state index in [2.05, 4.69) is 5.32 Å². The van der Waals surface area contributed by atoms with Gasteiger partial charge in [0, 0.05) is 12.2 Å². The number of aryl methyl sites for hydroxylation is 1. The van der Waals surface area contributed by atoms with Crippen LogP contribution in [-0.2, 0) is 9.59 Å². The van der Waals surface area contributed by atoms with Crippen LogP contribution in [0.5, 0.6) is 5.75 Å². The van der Waals surface area contributed by atoms with E-state index in [0.29, 0.717) is 24.4 Å². The molecule has 5 nitrogen and oxygen atoms in total. The van der Waals surface area contributed by atoms with E-state index in [4.69, 9.17) is 4.74 Å². The maximum absolute atomic E-state index is 12.8. The van der Waals surface area contributed by atoms with Crippen molar-refractivity contribution in [2.75, 3.05) is 23.9 Å². The number of para-hydroxylation sites is 1. The molecule has 0 aliphatic heterocycles. The maximum Gasteiger partial charge on any atom is 0.230 e. The number of carbonyl (C=O) groups excluding carboxylic acids is 2. The van der Waals surface area contributed by atoms with Gasteiger partial charge in [0.05, 0.1) is 24.6 Å². The van der Waals surface area contributed by atoms with Crippen molar-refractivity contribution in [3.8, 4) is 5.75 Å². The van der Waals surface area contributed by atoms with E-state index in [1.54, 1.807) is 12.0 Å². The zero-order valence-electron chi connectivity index (χ0n) is 15.4. The van der Waals surface area contributed by atoms with E-state index in [1.165, 1.54) is 0 Å². The van der Waals surface area contributed by atoms with Crippen LogP contribution >= 0.6 is 0 Å². The molecular formula is C21H24N2O3. The molecular weight excluding hydrogens is 328 g/mol. The molecule has 0 bridgehead atoms. The van der Waals surface area contributed by atoms with E-state index in [-0.39, 0.29) is 23.7 Å². The zero-order valence-corrected chi connectivity index (χ0v) is 15.4. The van der Waals surface area contributed by atoms with Crippen LogP contribution in [0.3, 0.4) is 0 Å². The smallest absolute Gasteiger partial charge is 0.230 e. The summed E-state index contributed by atoms with van der Waals surface area (Å²) in [7, 11) is 1.57. The molecule has 0 aromatic heterocycles. The van der Waals surface area contributed by atoms with Crippen LogP contribution in [0.4, 0.5) is 11.4 Å². The van der Waals surface area contributed by atoms with Gasteiger partial charge in [-0.15, -0.1) is 0 Å². The molecule has 3 rings (SSSR count). The second kappa shape index (κ2) is 7.60. The van der Waals surface area contributed by atoms with Gasteiger partial charge >= 0.3 is 0 Å². The summed E-state index contributed by atoms with van der Waals surface area (Å²) in [5.41, 5.74) is 2.54. The van der Waals surface area contributed by atoms with Gasteiger partial charge in [-0.3, -0.25) is 9.59 Å². The molecule has 1 aliphatic carbocycles. The molecule has 0 saturated heterocycles. The quantitative estimate of drug-likeness (QED) is 0.864. The summed E-state index contributed by atoms with van der Waals surface area (Å²) in [6, 6.07) is 15.2. The van der Waals surface area contributed by atoms with E-state index in [9.17, 15) is 9.59 Å². The molecule has 2 amide bonds. The summed E-state index contributed by atoms with van der Waals surface area (Å²) < 4.78 is 5.30. The lowest BCUT2D eigenvalue weighted by Gasteiger charge is -2.21. The van der Waals surface area contributed by atoms with Crippen LogP contribution in [0.25, 0.3) is 0 Å². The highest BCUT2D eigenvalue weighted by Crippen LogP contribution is 2.42. The fraction of sp³-hybridized carbons (Fsp3) is 0.333. The van der Waals surface area contributed by atoms with Crippen molar-refractivity contribution < 1.29 is 14.3 Å². The Morgan fingerprint density at radius 2 is 1.88 bits per heavy atom. The minimum absolute atomic E-state index is 0.00931. The summed E-state index contributed by atoms with van der Waals surface area (Å²) in [6.07, 6.45) is 0.585. The van der Waals surface area contributed by atoms with Gasteiger partial charge in [-0.2, -0.15) is 0 Å². The maximum atomic E-state index is 12.8. The Morgan fingerprint density at radius 3 is 2.54 bits per heavy atom. The molecule has 136 valence electrons. The predicted molar refractivity (Wildman–Crippen MR) is 102 cm³/mol. The van der Waals surface area contributed by atoms with Gasteiger partial charge in [0.1, 0.15) is 5.75 Å². The summed E-state index contributed by atoms with van der Waals surface area (Å²) in [4.78, 5) is 27.1. The molecule has 1 N–H and O–H groups in total. The first kappa shape index (κ1) is 18.0. The second-order valence-corrected chi connectivity index (χ2v) is 6.56. The fourth-order valence-corrected chi connectivity index (χ4v) is 3.18. The first-order chi connectivity index (χ1) is 12.5. The number of nitrogens with one attached hydrogen (secondary N) is 1. The Balaban J connectivity index is 1.67. The Hall–Kier alpha value is -2.82. The number of carbonyl (C=O) groups is 2. The second-order valence-electron chi connectivity index (χ2n) is 6.56. The molecule has 1 saturated carbocycles. The topological polar surface area (TPSA) is 58.6 Å². The largest absolute Gasteiger partial charge is 0.495 e. The number of anilines is 2. The van der Waals surface area contributed by atoms with Crippen molar-refractivity contribution in [3.63, 3.8) is 0 Å². The first-order valence-corrected chi connectivity index (χ1v) is 8.87. The molecule has 0 radical (unpaired) electrons. The lowest BCUT2D eigenvalue weighted by molar-refractivity contribution is -0.123. The van der Waals surface area contributed by atoms with Crippen LogP contribution in [0.2, 0.25) is 0 Å². The lowest BCUT2D eigenvalue weighted by Crippen LogP contribution is -2.33. The summed E-state index contributed by atoms with van der Waals surface area (Å²) in [5, 5.41) is 2.91. The first-order valence-electron chi connectivity index (χ1n) is 8.87. The minimum atomic E-state index is -0.287. The monoisotopic (exact) mass is 352 g/mol. The van der Waals surface area contributed by atoms with E-state index in [1.807, 2.05) is 62.4 Å². The van der Waals surface area contributed by atoms with Gasteiger partial charge in [-0.05, 0) is 50.1 Å². The SMILES string of the molecule is CCN(C(=O)C1CC1C(=O)Nc1cc(C)ccc1OC)c1ccccc1. The Labute approximate surface area is 154 Å². The molecule has 2 aromatic carbocycles. The highest BCUT2D eigenvalue weighted by molar-refractivity contribution is 6.04. The Bertz CT molecular complexity index is 804. The summed E-state index contributed by atoms with van der Waals surface area (Å²) >= 11 is 0. The van der Waals surface area contributed by atoms with Gasteiger partial charge in [-0.25, -0.2) is 0 Å². The summed E-state index contributed by atoms with van der Waals surface area (Å²) in [5.74, 6) is -0.0465. The molecule has 2 unspecified atom stereocenters. The van der Waals surface area contributed by atoms with E-state index >= 15 is 0 Å². The van der Waals surface area contributed by atoms with E-state index < -0.39 is 0 Å². The van der Waals surface area contributed by atoms with Gasteiger partial charge in [0.25, 0.3) is 0 Å². The van der Waals surface area contributed by atoms with Crippen molar-refractivity contribution in [2.24, 2.45) is 11.8 Å². The number of hydrogen-bond donors (Lipinski definition) is 1. The van der Waals surface area contributed by atoms with Crippen LogP contribution in [0.1, 0.15) is 18.9 Å². The number of amides is 2. The zero-order chi connectivity index (χ0) is 18.7. The van der Waals surface area contributed by atoms with Crippen molar-refractivity contribution in [2.45, 2.75) is 20.3 Å². The molecule has 0 heterocycles. The number of ether oxygens (including phenoxy) is 1. The predicted octanol–water partition coefficient (Wildman–Crippen LogP) is 3.63. The van der Waals surface area contributed by atoms with Gasteiger partial charge in [0.2, 0.25) is 11.8 Å².